The fourth-order valence-electron chi connectivity index (χ4n) is 4.05. The lowest BCUT2D eigenvalue weighted by Gasteiger charge is -2.28. The van der Waals surface area contributed by atoms with Crippen molar-refractivity contribution in [2.45, 2.75) is 25.7 Å². The van der Waals surface area contributed by atoms with Gasteiger partial charge in [-0.05, 0) is 60.7 Å². The molecule has 0 saturated carbocycles. The smallest absolute Gasteiger partial charge is 0.231 e. The monoisotopic (exact) mass is 347 g/mol. The molecule has 0 aromatic heterocycles. The van der Waals surface area contributed by atoms with Crippen molar-refractivity contribution < 1.29 is 14.3 Å². The van der Waals surface area contributed by atoms with E-state index in [1.165, 1.54) is 24.9 Å². The van der Waals surface area contributed by atoms with Crippen LogP contribution in [0.5, 0.6) is 11.5 Å². The lowest BCUT2D eigenvalue weighted by molar-refractivity contribution is 0.104. The van der Waals surface area contributed by atoms with Gasteiger partial charge in [0.1, 0.15) is 0 Å². The molecule has 2 heterocycles. The lowest BCUT2D eigenvalue weighted by Crippen LogP contribution is -2.29. The second kappa shape index (κ2) is 6.20. The molecule has 0 radical (unpaired) electrons. The van der Waals surface area contributed by atoms with Gasteiger partial charge in [0.25, 0.3) is 0 Å². The molecule has 4 nitrogen and oxygen atoms in total. The molecule has 0 bridgehead atoms. The summed E-state index contributed by atoms with van der Waals surface area (Å²) < 4.78 is 10.8. The number of allylic oxidation sites excluding steroid dienone is 1. The zero-order chi connectivity index (χ0) is 17.5. The van der Waals surface area contributed by atoms with E-state index in [1.54, 1.807) is 0 Å². The fourth-order valence-corrected chi connectivity index (χ4v) is 4.05. The van der Waals surface area contributed by atoms with Gasteiger partial charge in [-0.15, -0.1) is 0 Å². The highest BCUT2D eigenvalue weighted by Gasteiger charge is 2.28. The number of rotatable bonds is 2. The van der Waals surface area contributed by atoms with E-state index in [0.717, 1.165) is 41.1 Å². The van der Waals surface area contributed by atoms with Gasteiger partial charge in [0.05, 0.1) is 0 Å². The summed E-state index contributed by atoms with van der Waals surface area (Å²) >= 11 is 0. The molecular weight excluding hydrogens is 326 g/mol. The van der Waals surface area contributed by atoms with Crippen LogP contribution in [0.4, 0.5) is 5.69 Å². The van der Waals surface area contributed by atoms with Gasteiger partial charge in [-0.1, -0.05) is 12.1 Å². The number of hydrogen-bond acceptors (Lipinski definition) is 4. The van der Waals surface area contributed by atoms with E-state index in [0.29, 0.717) is 12.2 Å². The maximum atomic E-state index is 12.7. The highest BCUT2D eigenvalue weighted by Crippen LogP contribution is 2.39. The number of ketones is 1. The van der Waals surface area contributed by atoms with Crippen molar-refractivity contribution in [3.8, 4) is 11.5 Å². The molecule has 0 atom stereocenters. The molecular formula is C22H21NO3. The zero-order valence-electron chi connectivity index (χ0n) is 14.7. The largest absolute Gasteiger partial charge is 0.454 e. The van der Waals surface area contributed by atoms with Crippen LogP contribution in [-0.2, 0) is 6.42 Å². The number of anilines is 1. The predicted octanol–water partition coefficient (Wildman–Crippen LogP) is 4.23. The first kappa shape index (κ1) is 15.5. The van der Waals surface area contributed by atoms with Crippen molar-refractivity contribution in [2.75, 3.05) is 24.8 Å². The predicted molar refractivity (Wildman–Crippen MR) is 101 cm³/mol. The first-order valence-corrected chi connectivity index (χ1v) is 9.31. The molecule has 26 heavy (non-hydrogen) atoms. The molecule has 0 N–H and O–H groups in total. The van der Waals surface area contributed by atoms with Crippen LogP contribution in [0.1, 0.15) is 40.7 Å². The summed E-state index contributed by atoms with van der Waals surface area (Å²) in [4.78, 5) is 15.2. The molecule has 0 unspecified atom stereocenters. The minimum absolute atomic E-state index is 0.0957. The number of hydrogen-bond donors (Lipinski definition) is 0. The standard InChI is InChI=1S/C22H21NO3/c24-22-17(11-16-12-20-21(13-19(16)22)26-14-25-20)10-15-4-6-18(7-5-15)23-8-2-1-3-9-23/h4-7,10,12-13H,1-3,8-9,11,14H2/b17-10+. The summed E-state index contributed by atoms with van der Waals surface area (Å²) in [5.41, 5.74) is 4.94. The van der Waals surface area contributed by atoms with Crippen LogP contribution < -0.4 is 14.4 Å². The van der Waals surface area contributed by atoms with Gasteiger partial charge in [0.15, 0.2) is 17.3 Å². The zero-order valence-corrected chi connectivity index (χ0v) is 14.7. The van der Waals surface area contributed by atoms with Crippen LogP contribution in [0.2, 0.25) is 0 Å². The van der Waals surface area contributed by atoms with Gasteiger partial charge in [0, 0.05) is 36.3 Å². The first-order chi connectivity index (χ1) is 12.8. The highest BCUT2D eigenvalue weighted by atomic mass is 16.7. The van der Waals surface area contributed by atoms with E-state index in [-0.39, 0.29) is 12.6 Å². The molecule has 2 aliphatic heterocycles. The van der Waals surface area contributed by atoms with Crippen molar-refractivity contribution in [3.05, 3.63) is 58.7 Å². The van der Waals surface area contributed by atoms with Crippen LogP contribution in [0, 0.1) is 0 Å². The van der Waals surface area contributed by atoms with E-state index in [1.807, 2.05) is 18.2 Å². The Morgan fingerprint density at radius 3 is 2.42 bits per heavy atom. The summed E-state index contributed by atoms with van der Waals surface area (Å²) in [6.45, 7) is 2.52. The third kappa shape index (κ3) is 2.66. The number of carbonyl (C=O) groups is 1. The third-order valence-corrected chi connectivity index (χ3v) is 5.47. The highest BCUT2D eigenvalue weighted by molar-refractivity contribution is 6.16. The lowest BCUT2D eigenvalue weighted by atomic mass is 10.1. The van der Waals surface area contributed by atoms with Crippen molar-refractivity contribution in [1.82, 2.24) is 0 Å². The molecule has 1 saturated heterocycles. The van der Waals surface area contributed by atoms with Gasteiger partial charge >= 0.3 is 0 Å². The van der Waals surface area contributed by atoms with Crippen molar-refractivity contribution in [3.63, 3.8) is 0 Å². The summed E-state index contributed by atoms with van der Waals surface area (Å²) in [5.74, 6) is 1.51. The molecule has 2 aromatic carbocycles. The maximum absolute atomic E-state index is 12.7. The molecule has 1 aliphatic carbocycles. The average molecular weight is 347 g/mol. The first-order valence-electron chi connectivity index (χ1n) is 9.31. The molecule has 1 fully saturated rings. The van der Waals surface area contributed by atoms with E-state index in [9.17, 15) is 4.79 Å². The van der Waals surface area contributed by atoms with Gasteiger partial charge in [-0.2, -0.15) is 0 Å². The Labute approximate surface area is 153 Å². The topological polar surface area (TPSA) is 38.8 Å². The van der Waals surface area contributed by atoms with Crippen LogP contribution in [0.3, 0.4) is 0 Å². The molecule has 4 heteroatoms. The minimum Gasteiger partial charge on any atom is -0.454 e. The quantitative estimate of drug-likeness (QED) is 0.762. The fraction of sp³-hybridized carbons (Fsp3) is 0.318. The molecule has 3 aliphatic rings. The number of nitrogens with zero attached hydrogens (tertiary/aromatic N) is 1. The Morgan fingerprint density at radius 2 is 1.65 bits per heavy atom. The Balaban J connectivity index is 1.38. The Bertz CT molecular complexity index is 892. The van der Waals surface area contributed by atoms with Crippen LogP contribution in [-0.4, -0.2) is 25.7 Å². The molecule has 2 aromatic rings. The Hall–Kier alpha value is -2.75. The second-order valence-electron chi connectivity index (χ2n) is 7.18. The number of ether oxygens (including phenoxy) is 2. The van der Waals surface area contributed by atoms with E-state index >= 15 is 0 Å². The van der Waals surface area contributed by atoms with E-state index < -0.39 is 0 Å². The SMILES string of the molecule is O=C1/C(=C/c2ccc(N3CCCCC3)cc2)Cc2cc3c(cc21)OCO3. The molecule has 0 spiro atoms. The van der Waals surface area contributed by atoms with Gasteiger partial charge in [0.2, 0.25) is 6.79 Å². The summed E-state index contributed by atoms with van der Waals surface area (Å²) in [5, 5.41) is 0. The summed E-state index contributed by atoms with van der Waals surface area (Å²) in [6, 6.07) is 12.3. The van der Waals surface area contributed by atoms with Crippen LogP contribution >= 0.6 is 0 Å². The number of fused-ring (bicyclic) bond motifs is 2. The van der Waals surface area contributed by atoms with Crippen LogP contribution in [0.15, 0.2) is 42.0 Å². The van der Waals surface area contributed by atoms with Gasteiger partial charge in [-0.3, -0.25) is 4.79 Å². The number of carbonyl (C=O) groups excluding carboxylic acids is 1. The van der Waals surface area contributed by atoms with Crippen molar-refractivity contribution >= 4 is 17.5 Å². The molecule has 0 amide bonds. The van der Waals surface area contributed by atoms with Crippen molar-refractivity contribution in [1.29, 1.82) is 0 Å². The normalized spacial score (nSPS) is 19.9. The minimum atomic E-state index is 0.0957. The summed E-state index contributed by atoms with van der Waals surface area (Å²) in [6.07, 6.45) is 6.54. The molecule has 5 rings (SSSR count). The average Bonchev–Trinajstić information content (AvgIpc) is 3.26. The number of Topliss-reactive ketones (excluding diaryl/α,β-unsaturated/α-hetero) is 1. The van der Waals surface area contributed by atoms with Crippen LogP contribution in [0.25, 0.3) is 6.08 Å². The Morgan fingerprint density at radius 1 is 0.923 bits per heavy atom. The molecule has 132 valence electrons. The second-order valence-corrected chi connectivity index (χ2v) is 7.18. The van der Waals surface area contributed by atoms with E-state index in [4.69, 9.17) is 9.47 Å². The number of benzene rings is 2. The van der Waals surface area contributed by atoms with Gasteiger partial charge < -0.3 is 14.4 Å². The third-order valence-electron chi connectivity index (χ3n) is 5.47. The Kier molecular flexibility index (Phi) is 3.70. The summed E-state index contributed by atoms with van der Waals surface area (Å²) in [7, 11) is 0. The van der Waals surface area contributed by atoms with Gasteiger partial charge in [-0.25, -0.2) is 0 Å². The van der Waals surface area contributed by atoms with Crippen molar-refractivity contribution in [2.24, 2.45) is 0 Å². The van der Waals surface area contributed by atoms with E-state index in [2.05, 4.69) is 29.2 Å². The maximum Gasteiger partial charge on any atom is 0.231 e. The number of piperidine rings is 1.